The van der Waals surface area contributed by atoms with E-state index in [1.54, 1.807) is 0 Å². The van der Waals surface area contributed by atoms with Crippen molar-refractivity contribution in [3.63, 3.8) is 0 Å². The lowest BCUT2D eigenvalue weighted by Crippen LogP contribution is -2.31. The van der Waals surface area contributed by atoms with Gasteiger partial charge in [-0.05, 0) is 38.8 Å². The molecule has 0 fully saturated rings. The zero-order chi connectivity index (χ0) is 12.8. The van der Waals surface area contributed by atoms with Crippen LogP contribution in [0.3, 0.4) is 0 Å². The van der Waals surface area contributed by atoms with Gasteiger partial charge in [0.15, 0.2) is 0 Å². The number of benzene rings is 1. The van der Waals surface area contributed by atoms with Crippen LogP contribution in [-0.4, -0.2) is 17.5 Å². The van der Waals surface area contributed by atoms with Crippen molar-refractivity contribution < 1.29 is 0 Å². The van der Waals surface area contributed by atoms with Crippen LogP contribution in [0.25, 0.3) is 0 Å². The van der Waals surface area contributed by atoms with Gasteiger partial charge in [-0.15, -0.1) is 0 Å². The van der Waals surface area contributed by atoms with E-state index in [0.717, 1.165) is 13.1 Å². The van der Waals surface area contributed by atoms with E-state index < -0.39 is 0 Å². The molecule has 0 unspecified atom stereocenters. The second-order valence-corrected chi connectivity index (χ2v) is 4.90. The molecule has 0 N–H and O–H groups in total. The minimum Gasteiger partial charge on any atom is -0.296 e. The van der Waals surface area contributed by atoms with Crippen molar-refractivity contribution >= 4 is 0 Å². The van der Waals surface area contributed by atoms with Gasteiger partial charge in [-0.1, -0.05) is 23.8 Å². The first-order valence-electron chi connectivity index (χ1n) is 6.21. The molecule has 0 aliphatic rings. The van der Waals surface area contributed by atoms with Crippen molar-refractivity contribution in [3.8, 4) is 6.07 Å². The van der Waals surface area contributed by atoms with Gasteiger partial charge in [-0.2, -0.15) is 5.26 Å². The third kappa shape index (κ3) is 4.20. The van der Waals surface area contributed by atoms with Gasteiger partial charge in [0, 0.05) is 25.6 Å². The average Bonchev–Trinajstić information content (AvgIpc) is 2.28. The fraction of sp³-hybridized carbons (Fsp3) is 0.533. The van der Waals surface area contributed by atoms with Crippen LogP contribution in [0.2, 0.25) is 0 Å². The summed E-state index contributed by atoms with van der Waals surface area (Å²) in [6.07, 6.45) is 0.600. The van der Waals surface area contributed by atoms with E-state index in [4.69, 9.17) is 5.26 Å². The molecule has 2 nitrogen and oxygen atoms in total. The topological polar surface area (TPSA) is 27.0 Å². The molecule has 0 radical (unpaired) electrons. The van der Waals surface area contributed by atoms with Crippen molar-refractivity contribution in [2.75, 3.05) is 6.54 Å². The largest absolute Gasteiger partial charge is 0.296 e. The summed E-state index contributed by atoms with van der Waals surface area (Å²) in [5, 5.41) is 8.69. The maximum Gasteiger partial charge on any atom is 0.0635 e. The van der Waals surface area contributed by atoms with Gasteiger partial charge in [-0.3, -0.25) is 4.90 Å². The van der Waals surface area contributed by atoms with E-state index in [1.165, 1.54) is 16.7 Å². The molecule has 92 valence electrons. The second-order valence-electron chi connectivity index (χ2n) is 4.90. The highest BCUT2D eigenvalue weighted by molar-refractivity contribution is 5.30. The van der Waals surface area contributed by atoms with Crippen LogP contribution in [0.4, 0.5) is 0 Å². The lowest BCUT2D eigenvalue weighted by Gasteiger charge is -2.26. The second kappa shape index (κ2) is 6.42. The molecule has 17 heavy (non-hydrogen) atoms. The molecule has 2 heteroatoms. The third-order valence-electron chi connectivity index (χ3n) is 3.12. The molecule has 0 heterocycles. The molecule has 0 atom stereocenters. The molecule has 0 saturated heterocycles. The highest BCUT2D eigenvalue weighted by Gasteiger charge is 2.11. The summed E-state index contributed by atoms with van der Waals surface area (Å²) in [5.41, 5.74) is 4.00. The summed E-state index contributed by atoms with van der Waals surface area (Å²) >= 11 is 0. The molecular weight excluding hydrogens is 208 g/mol. The number of hydrogen-bond donors (Lipinski definition) is 0. The van der Waals surface area contributed by atoms with Gasteiger partial charge in [0.1, 0.15) is 0 Å². The molecule has 0 spiro atoms. The first-order chi connectivity index (χ1) is 8.04. The van der Waals surface area contributed by atoms with Crippen LogP contribution >= 0.6 is 0 Å². The predicted octanol–water partition coefficient (Wildman–Crippen LogP) is 3.43. The number of nitrogens with zero attached hydrogens (tertiary/aromatic N) is 2. The summed E-state index contributed by atoms with van der Waals surface area (Å²) < 4.78 is 0. The first kappa shape index (κ1) is 13.7. The zero-order valence-corrected chi connectivity index (χ0v) is 11.3. The molecule has 0 bridgehead atoms. The molecular formula is C15H22N2. The lowest BCUT2D eigenvalue weighted by molar-refractivity contribution is 0.217. The summed E-state index contributed by atoms with van der Waals surface area (Å²) in [7, 11) is 0. The van der Waals surface area contributed by atoms with Crippen molar-refractivity contribution in [2.24, 2.45) is 0 Å². The number of nitriles is 1. The van der Waals surface area contributed by atoms with Crippen molar-refractivity contribution in [2.45, 2.75) is 46.7 Å². The normalized spacial score (nSPS) is 10.9. The lowest BCUT2D eigenvalue weighted by atomic mass is 10.0. The number of aryl methyl sites for hydroxylation is 2. The Bertz CT molecular complexity index is 402. The van der Waals surface area contributed by atoms with Crippen molar-refractivity contribution in [1.82, 2.24) is 4.90 Å². The van der Waals surface area contributed by atoms with Crippen LogP contribution in [0.5, 0.6) is 0 Å². The van der Waals surface area contributed by atoms with Crippen LogP contribution in [0.1, 0.15) is 37.0 Å². The van der Waals surface area contributed by atoms with E-state index in [2.05, 4.69) is 56.9 Å². The Morgan fingerprint density at radius 2 is 2.00 bits per heavy atom. The summed E-state index contributed by atoms with van der Waals surface area (Å²) in [6, 6.07) is 9.27. The highest BCUT2D eigenvalue weighted by Crippen LogP contribution is 2.15. The van der Waals surface area contributed by atoms with Gasteiger partial charge in [0.05, 0.1) is 6.07 Å². The quantitative estimate of drug-likeness (QED) is 0.775. The monoisotopic (exact) mass is 230 g/mol. The Kier molecular flexibility index (Phi) is 5.18. The molecule has 0 amide bonds. The number of rotatable bonds is 5. The average molecular weight is 230 g/mol. The Labute approximate surface area is 105 Å². The van der Waals surface area contributed by atoms with Crippen molar-refractivity contribution in [1.29, 1.82) is 5.26 Å². The van der Waals surface area contributed by atoms with Gasteiger partial charge >= 0.3 is 0 Å². The molecule has 1 aromatic carbocycles. The van der Waals surface area contributed by atoms with Gasteiger partial charge in [-0.25, -0.2) is 0 Å². The van der Waals surface area contributed by atoms with Crippen LogP contribution < -0.4 is 0 Å². The molecule has 0 aromatic heterocycles. The molecule has 0 saturated carbocycles. The zero-order valence-electron chi connectivity index (χ0n) is 11.3. The Balaban J connectivity index is 2.78. The Morgan fingerprint density at radius 1 is 1.29 bits per heavy atom. The van der Waals surface area contributed by atoms with Crippen LogP contribution in [0, 0.1) is 25.2 Å². The van der Waals surface area contributed by atoms with E-state index in [0.29, 0.717) is 12.5 Å². The van der Waals surface area contributed by atoms with Crippen LogP contribution in [0.15, 0.2) is 18.2 Å². The SMILES string of the molecule is Cc1ccc(C)c(CN(CCC#N)C(C)C)c1. The van der Waals surface area contributed by atoms with E-state index in [9.17, 15) is 0 Å². The standard InChI is InChI=1S/C15H22N2/c1-12(2)17(9-5-8-16)11-15-10-13(3)6-7-14(15)4/h6-7,10,12H,5,9,11H2,1-4H3. The van der Waals surface area contributed by atoms with E-state index >= 15 is 0 Å². The summed E-state index contributed by atoms with van der Waals surface area (Å²) in [5.74, 6) is 0. The van der Waals surface area contributed by atoms with Crippen LogP contribution in [-0.2, 0) is 6.54 Å². The molecule has 1 aromatic rings. The highest BCUT2D eigenvalue weighted by atomic mass is 15.1. The minimum absolute atomic E-state index is 0.475. The predicted molar refractivity (Wildman–Crippen MR) is 71.7 cm³/mol. The Hall–Kier alpha value is -1.33. The van der Waals surface area contributed by atoms with Gasteiger partial charge in [0.2, 0.25) is 0 Å². The maximum atomic E-state index is 8.69. The first-order valence-corrected chi connectivity index (χ1v) is 6.21. The third-order valence-corrected chi connectivity index (χ3v) is 3.12. The molecule has 0 aliphatic heterocycles. The van der Waals surface area contributed by atoms with Gasteiger partial charge in [0.25, 0.3) is 0 Å². The fourth-order valence-corrected chi connectivity index (χ4v) is 1.90. The Morgan fingerprint density at radius 3 is 2.59 bits per heavy atom. The van der Waals surface area contributed by atoms with Gasteiger partial charge < -0.3 is 0 Å². The minimum atomic E-state index is 0.475. The summed E-state index contributed by atoms with van der Waals surface area (Å²) in [6.45, 7) is 10.4. The van der Waals surface area contributed by atoms with E-state index in [-0.39, 0.29) is 0 Å². The maximum absolute atomic E-state index is 8.69. The van der Waals surface area contributed by atoms with Crippen molar-refractivity contribution in [3.05, 3.63) is 34.9 Å². The number of hydrogen-bond acceptors (Lipinski definition) is 2. The fourth-order valence-electron chi connectivity index (χ4n) is 1.90. The molecule has 0 aliphatic carbocycles. The van der Waals surface area contributed by atoms with E-state index in [1.807, 2.05) is 0 Å². The smallest absolute Gasteiger partial charge is 0.0635 e. The summed E-state index contributed by atoms with van der Waals surface area (Å²) in [4.78, 5) is 2.35. The molecule has 1 rings (SSSR count).